The molecule has 2 heterocycles. The topological polar surface area (TPSA) is 83.2 Å². The van der Waals surface area contributed by atoms with E-state index in [4.69, 9.17) is 10.00 Å². The Labute approximate surface area is 215 Å². The van der Waals surface area contributed by atoms with Gasteiger partial charge in [-0.05, 0) is 43.7 Å². The van der Waals surface area contributed by atoms with Gasteiger partial charge >= 0.3 is 0 Å². The summed E-state index contributed by atoms with van der Waals surface area (Å²) in [4.78, 5) is 18.9. The monoisotopic (exact) mass is 509 g/mol. The Bertz CT molecular complexity index is 1360. The fourth-order valence-electron chi connectivity index (χ4n) is 4.71. The molecule has 5 rings (SSSR count). The van der Waals surface area contributed by atoms with Crippen LogP contribution in [-0.2, 0) is 7.05 Å². The van der Waals surface area contributed by atoms with Gasteiger partial charge in [-0.2, -0.15) is 9.65 Å². The molecule has 0 unspecified atom stereocenters. The minimum atomic E-state index is -0.936. The van der Waals surface area contributed by atoms with Crippen LogP contribution in [0.25, 0.3) is 11.0 Å². The van der Waals surface area contributed by atoms with Gasteiger partial charge in [-0.1, -0.05) is 19.3 Å². The van der Waals surface area contributed by atoms with Crippen molar-refractivity contribution in [3.05, 3.63) is 58.0 Å². The average molecular weight is 510 g/mol. The van der Waals surface area contributed by atoms with Crippen LogP contribution >= 0.6 is 0 Å². The van der Waals surface area contributed by atoms with E-state index >= 15 is 0 Å². The van der Waals surface area contributed by atoms with E-state index < -0.39 is 11.6 Å². The third-order valence-corrected chi connectivity index (χ3v) is 7.19. The summed E-state index contributed by atoms with van der Waals surface area (Å²) in [6.45, 7) is 0.814. The van der Waals surface area contributed by atoms with E-state index in [1.54, 1.807) is 29.8 Å². The summed E-state index contributed by atoms with van der Waals surface area (Å²) in [6, 6.07) is 10.3. The number of nitrogens with zero attached hydrogens (tertiary/aromatic N) is 4. The maximum Gasteiger partial charge on any atom is 0.252 e. The highest BCUT2D eigenvalue weighted by atomic mass is 19.2. The van der Waals surface area contributed by atoms with Crippen molar-refractivity contribution in [3.8, 4) is 11.8 Å². The molecule has 2 aliphatic rings. The SMILES string of the molecule is CN(c1cc(=O)n(C)c2ccc(C#N)nc12)C1CCCCC1.COc1cc(NCC2CC2)cc(F)c1F. The van der Waals surface area contributed by atoms with E-state index in [2.05, 4.69) is 21.3 Å². The molecule has 0 atom stereocenters. The van der Waals surface area contributed by atoms with Crippen LogP contribution in [0.4, 0.5) is 20.2 Å². The minimum absolute atomic E-state index is 0.0448. The van der Waals surface area contributed by atoms with Crippen molar-refractivity contribution in [2.45, 2.75) is 51.0 Å². The molecule has 1 N–H and O–H groups in total. The molecule has 3 aromatic rings. The second kappa shape index (κ2) is 11.6. The number of aromatic nitrogens is 2. The molecule has 2 aromatic heterocycles. The van der Waals surface area contributed by atoms with Gasteiger partial charge in [-0.3, -0.25) is 4.79 Å². The first-order valence-corrected chi connectivity index (χ1v) is 12.7. The molecule has 196 valence electrons. The third-order valence-electron chi connectivity index (χ3n) is 7.19. The van der Waals surface area contributed by atoms with Gasteiger partial charge in [0.15, 0.2) is 11.6 Å². The number of nitriles is 1. The van der Waals surface area contributed by atoms with Gasteiger partial charge < -0.3 is 19.5 Å². The smallest absolute Gasteiger partial charge is 0.252 e. The summed E-state index contributed by atoms with van der Waals surface area (Å²) < 4.78 is 32.5. The van der Waals surface area contributed by atoms with Crippen LogP contribution < -0.4 is 20.5 Å². The van der Waals surface area contributed by atoms with Crippen LogP contribution in [0.3, 0.4) is 0 Å². The van der Waals surface area contributed by atoms with Gasteiger partial charge in [-0.15, -0.1) is 0 Å². The highest BCUT2D eigenvalue weighted by Gasteiger charge is 2.22. The fourth-order valence-corrected chi connectivity index (χ4v) is 4.71. The molecule has 7 nitrogen and oxygen atoms in total. The second-order valence-corrected chi connectivity index (χ2v) is 9.80. The molecule has 1 aromatic carbocycles. The molecule has 0 aliphatic heterocycles. The number of ether oxygens (including phenoxy) is 1. The summed E-state index contributed by atoms with van der Waals surface area (Å²) in [7, 11) is 5.09. The van der Waals surface area contributed by atoms with Crippen LogP contribution in [0.5, 0.6) is 5.75 Å². The van der Waals surface area contributed by atoms with Crippen molar-refractivity contribution in [1.82, 2.24) is 9.55 Å². The van der Waals surface area contributed by atoms with Gasteiger partial charge in [0.25, 0.3) is 5.56 Å². The van der Waals surface area contributed by atoms with E-state index in [1.807, 2.05) is 7.05 Å². The Balaban J connectivity index is 0.000000186. The van der Waals surface area contributed by atoms with Crippen molar-refractivity contribution in [2.75, 3.05) is 30.9 Å². The first-order chi connectivity index (χ1) is 17.8. The molecule has 9 heteroatoms. The first kappa shape index (κ1) is 26.4. The molecule has 0 spiro atoms. The number of aryl methyl sites for hydroxylation is 1. The number of methoxy groups -OCH3 is 1. The van der Waals surface area contributed by atoms with Gasteiger partial charge in [0.05, 0.1) is 18.3 Å². The number of anilines is 2. The zero-order chi connectivity index (χ0) is 26.5. The maximum absolute atomic E-state index is 13.1. The highest BCUT2D eigenvalue weighted by Crippen LogP contribution is 2.31. The van der Waals surface area contributed by atoms with Gasteiger partial charge in [0.2, 0.25) is 5.82 Å². The van der Waals surface area contributed by atoms with Crippen LogP contribution in [0.15, 0.2) is 35.1 Å². The molecule has 37 heavy (non-hydrogen) atoms. The lowest BCUT2D eigenvalue weighted by Gasteiger charge is -2.33. The van der Waals surface area contributed by atoms with Crippen molar-refractivity contribution in [3.63, 3.8) is 0 Å². The van der Waals surface area contributed by atoms with E-state index in [1.165, 1.54) is 45.3 Å². The zero-order valence-corrected chi connectivity index (χ0v) is 21.6. The van der Waals surface area contributed by atoms with Crippen molar-refractivity contribution >= 4 is 22.4 Å². The number of benzene rings is 1. The van der Waals surface area contributed by atoms with Crippen LogP contribution in [-0.4, -0.2) is 36.3 Å². The molecule has 2 fully saturated rings. The Morgan fingerprint density at radius 2 is 1.89 bits per heavy atom. The lowest BCUT2D eigenvalue weighted by Crippen LogP contribution is -2.34. The summed E-state index contributed by atoms with van der Waals surface area (Å²) in [6.07, 6.45) is 8.47. The van der Waals surface area contributed by atoms with E-state index in [0.29, 0.717) is 23.3 Å². The third kappa shape index (κ3) is 6.19. The fraction of sp³-hybridized carbons (Fsp3) is 0.464. The summed E-state index contributed by atoms with van der Waals surface area (Å²) in [5.74, 6) is -1.19. The van der Waals surface area contributed by atoms with Crippen molar-refractivity contribution in [2.24, 2.45) is 13.0 Å². The molecular formula is C28H33F2N5O2. The number of nitrogens with one attached hydrogen (secondary N) is 1. The van der Waals surface area contributed by atoms with E-state index in [9.17, 15) is 13.6 Å². The van der Waals surface area contributed by atoms with Crippen LogP contribution in [0, 0.1) is 28.9 Å². The average Bonchev–Trinajstić information content (AvgIpc) is 3.76. The Morgan fingerprint density at radius 1 is 1.16 bits per heavy atom. The van der Waals surface area contributed by atoms with Gasteiger partial charge in [-0.25, -0.2) is 9.37 Å². The number of halogens is 2. The number of hydrogen-bond acceptors (Lipinski definition) is 6. The number of fused-ring (bicyclic) bond motifs is 1. The summed E-state index contributed by atoms with van der Waals surface area (Å²) in [5.41, 5.74) is 3.24. The maximum atomic E-state index is 13.1. The predicted molar refractivity (Wildman–Crippen MR) is 141 cm³/mol. The van der Waals surface area contributed by atoms with Crippen molar-refractivity contribution in [1.29, 1.82) is 5.26 Å². The molecular weight excluding hydrogens is 476 g/mol. The number of rotatable bonds is 6. The Hall–Kier alpha value is -3.67. The van der Waals surface area contributed by atoms with Gasteiger partial charge in [0.1, 0.15) is 17.3 Å². The molecule has 2 aliphatic carbocycles. The van der Waals surface area contributed by atoms with Crippen molar-refractivity contribution < 1.29 is 13.5 Å². The number of hydrogen-bond donors (Lipinski definition) is 1. The highest BCUT2D eigenvalue weighted by molar-refractivity contribution is 5.88. The molecule has 0 bridgehead atoms. The zero-order valence-electron chi connectivity index (χ0n) is 21.6. The quantitative estimate of drug-likeness (QED) is 0.481. The second-order valence-electron chi connectivity index (χ2n) is 9.80. The van der Waals surface area contributed by atoms with Crippen LogP contribution in [0.1, 0.15) is 50.6 Å². The largest absolute Gasteiger partial charge is 0.493 e. The molecule has 0 saturated heterocycles. The number of pyridine rings is 2. The summed E-state index contributed by atoms with van der Waals surface area (Å²) >= 11 is 0. The minimum Gasteiger partial charge on any atom is -0.493 e. The van der Waals surface area contributed by atoms with Gasteiger partial charge in [0, 0.05) is 50.6 Å². The van der Waals surface area contributed by atoms with E-state index in [-0.39, 0.29) is 11.3 Å². The predicted octanol–water partition coefficient (Wildman–Crippen LogP) is 5.37. The molecule has 2 saturated carbocycles. The molecule has 0 amide bonds. The van der Waals surface area contributed by atoms with Crippen LogP contribution in [0.2, 0.25) is 0 Å². The Kier molecular flexibility index (Phi) is 8.27. The summed E-state index contributed by atoms with van der Waals surface area (Å²) in [5, 5.41) is 12.2. The molecule has 0 radical (unpaired) electrons. The Morgan fingerprint density at radius 3 is 2.54 bits per heavy atom. The standard InChI is InChI=1S/C17H20N4O.C11H13F2NO/c1-20(13-6-4-3-5-7-13)15-10-16(22)21(2)14-9-8-12(11-18)19-17(14)15;1-15-10-5-8(4-9(12)11(10)13)14-6-7-2-3-7/h8-10,13H,3-7H2,1-2H3;4-5,7,14H,2-3,6H2,1H3. The first-order valence-electron chi connectivity index (χ1n) is 12.7. The van der Waals surface area contributed by atoms with E-state index in [0.717, 1.165) is 42.2 Å². The lowest BCUT2D eigenvalue weighted by molar-refractivity contribution is 0.372. The lowest BCUT2D eigenvalue weighted by atomic mass is 9.94. The normalized spacial score (nSPS) is 15.5.